The number of nitrogens with one attached hydrogen (secondary N) is 1. The number of nitrogen functional groups attached to an aromatic ring is 1. The lowest BCUT2D eigenvalue weighted by Gasteiger charge is -2.11. The summed E-state index contributed by atoms with van der Waals surface area (Å²) in [6.07, 6.45) is -4.11. The van der Waals surface area contributed by atoms with Gasteiger partial charge in [-0.15, -0.1) is 0 Å². The Morgan fingerprint density at radius 3 is 2.65 bits per heavy atom. The molecule has 0 aliphatic rings. The molecule has 3 rings (SSSR count). The van der Waals surface area contributed by atoms with Crippen LogP contribution in [0.5, 0.6) is 0 Å². The molecule has 0 aliphatic carbocycles. The van der Waals surface area contributed by atoms with Crippen molar-refractivity contribution in [1.29, 1.82) is 0 Å². The van der Waals surface area contributed by atoms with Gasteiger partial charge in [0.25, 0.3) is 12.4 Å². The maximum atomic E-state index is 12.9. The number of hydrogen-bond acceptors (Lipinski definition) is 5. The first-order valence-electron chi connectivity index (χ1n) is 9.59. The Kier molecular flexibility index (Phi) is 8.00. The molecule has 1 heterocycles. The number of benzene rings is 2. The third kappa shape index (κ3) is 5.97. The summed E-state index contributed by atoms with van der Waals surface area (Å²) >= 11 is 0. The molecule has 0 fully saturated rings. The summed E-state index contributed by atoms with van der Waals surface area (Å²) in [6.45, 7) is 4.86. The lowest BCUT2D eigenvalue weighted by atomic mass is 10.1. The standard InChI is InChI=1S/C19H17F3N4O3.C2H6/c20-19(21,22)13-4-1-3-12(9-13)17(28)25-18-24-15-10-14(23)5-6-16(15)26(18)7-2-8-29-11-27;1-2/h1,3-6,9-11H,2,7-8,23H2,(H,24,25,28);1-2H3. The fourth-order valence-electron chi connectivity index (χ4n) is 2.83. The van der Waals surface area contributed by atoms with Gasteiger partial charge in [0.05, 0.1) is 23.2 Å². The van der Waals surface area contributed by atoms with Crippen LogP contribution in [0.15, 0.2) is 42.5 Å². The van der Waals surface area contributed by atoms with Crippen LogP contribution in [0.25, 0.3) is 11.0 Å². The number of amides is 1. The first-order valence-corrected chi connectivity index (χ1v) is 9.59. The molecule has 10 heteroatoms. The van der Waals surface area contributed by atoms with Crippen LogP contribution in [-0.4, -0.2) is 28.5 Å². The SMILES string of the molecule is CC.Nc1ccc2c(c1)nc(NC(=O)c1cccc(C(F)(F)F)c1)n2CCCOC=O. The number of nitrogens with zero attached hydrogens (tertiary/aromatic N) is 2. The second-order valence-electron chi connectivity index (χ2n) is 6.19. The zero-order chi connectivity index (χ0) is 23.0. The van der Waals surface area contributed by atoms with Gasteiger partial charge in [0.15, 0.2) is 0 Å². The van der Waals surface area contributed by atoms with Crippen LogP contribution in [0.2, 0.25) is 0 Å². The Hall–Kier alpha value is -3.56. The van der Waals surface area contributed by atoms with Crippen LogP contribution < -0.4 is 11.1 Å². The highest BCUT2D eigenvalue weighted by Crippen LogP contribution is 2.30. The molecule has 0 saturated carbocycles. The summed E-state index contributed by atoms with van der Waals surface area (Å²) in [5.74, 6) is -0.580. The van der Waals surface area contributed by atoms with E-state index in [4.69, 9.17) is 5.73 Å². The van der Waals surface area contributed by atoms with E-state index in [1.165, 1.54) is 6.07 Å². The van der Waals surface area contributed by atoms with Crippen molar-refractivity contribution >= 4 is 35.0 Å². The minimum absolute atomic E-state index is 0.151. The molecule has 0 bridgehead atoms. The van der Waals surface area contributed by atoms with E-state index in [0.717, 1.165) is 18.2 Å². The third-order valence-corrected chi connectivity index (χ3v) is 4.16. The number of ether oxygens (including phenoxy) is 1. The Balaban J connectivity index is 0.00000166. The average Bonchev–Trinajstić information content (AvgIpc) is 3.08. The first-order chi connectivity index (χ1) is 14.8. The van der Waals surface area contributed by atoms with Gasteiger partial charge in [-0.25, -0.2) is 4.98 Å². The molecular formula is C21H23F3N4O3. The van der Waals surface area contributed by atoms with E-state index in [2.05, 4.69) is 15.0 Å². The van der Waals surface area contributed by atoms with Crippen molar-refractivity contribution in [1.82, 2.24) is 9.55 Å². The fourth-order valence-corrected chi connectivity index (χ4v) is 2.83. The van der Waals surface area contributed by atoms with Crippen LogP contribution in [0.1, 0.15) is 36.2 Å². The molecule has 7 nitrogen and oxygen atoms in total. The average molecular weight is 436 g/mol. The highest BCUT2D eigenvalue weighted by molar-refractivity contribution is 6.04. The van der Waals surface area contributed by atoms with Gasteiger partial charge < -0.3 is 15.0 Å². The van der Waals surface area contributed by atoms with Gasteiger partial charge in [-0.3, -0.25) is 14.9 Å². The molecule has 0 spiro atoms. The molecule has 3 N–H and O–H groups in total. The van der Waals surface area contributed by atoms with Crippen LogP contribution in [-0.2, 0) is 22.3 Å². The smallest absolute Gasteiger partial charge is 0.416 e. The number of carbonyl (C=O) groups excluding carboxylic acids is 2. The monoisotopic (exact) mass is 436 g/mol. The molecule has 2 aromatic carbocycles. The largest absolute Gasteiger partial charge is 0.468 e. The van der Waals surface area contributed by atoms with E-state index >= 15 is 0 Å². The Morgan fingerprint density at radius 1 is 1.23 bits per heavy atom. The number of rotatable bonds is 7. The number of carbonyl (C=O) groups is 2. The second-order valence-corrected chi connectivity index (χ2v) is 6.19. The van der Waals surface area contributed by atoms with Gasteiger partial charge in [0.1, 0.15) is 0 Å². The number of fused-ring (bicyclic) bond motifs is 1. The predicted molar refractivity (Wildman–Crippen MR) is 112 cm³/mol. The van der Waals surface area contributed by atoms with Crippen molar-refractivity contribution in [3.8, 4) is 0 Å². The topological polar surface area (TPSA) is 99.2 Å². The van der Waals surface area contributed by atoms with Crippen LogP contribution in [0.3, 0.4) is 0 Å². The van der Waals surface area contributed by atoms with E-state index in [0.29, 0.717) is 36.2 Å². The van der Waals surface area contributed by atoms with Crippen molar-refractivity contribution in [2.24, 2.45) is 0 Å². The maximum absolute atomic E-state index is 12.9. The Labute approximate surface area is 177 Å². The summed E-state index contributed by atoms with van der Waals surface area (Å²) in [5, 5.41) is 2.55. The second kappa shape index (κ2) is 10.5. The predicted octanol–water partition coefficient (Wildman–Crippen LogP) is 4.48. The molecule has 3 aromatic rings. The quantitative estimate of drug-likeness (QED) is 0.323. The number of alkyl halides is 3. The molecule has 1 amide bonds. The van der Waals surface area contributed by atoms with Gasteiger partial charge in [-0.2, -0.15) is 13.2 Å². The number of halogens is 3. The summed E-state index contributed by atoms with van der Waals surface area (Å²) in [7, 11) is 0. The summed E-state index contributed by atoms with van der Waals surface area (Å²) in [4.78, 5) is 27.2. The molecule has 0 radical (unpaired) electrons. The summed E-state index contributed by atoms with van der Waals surface area (Å²) in [6, 6.07) is 9.12. The lowest BCUT2D eigenvalue weighted by molar-refractivity contribution is -0.137. The Bertz CT molecular complexity index is 1050. The van der Waals surface area contributed by atoms with E-state index < -0.39 is 17.6 Å². The molecule has 0 atom stereocenters. The van der Waals surface area contributed by atoms with Gasteiger partial charge in [-0.05, 0) is 42.8 Å². The first kappa shape index (κ1) is 23.7. The highest BCUT2D eigenvalue weighted by Gasteiger charge is 2.31. The number of aryl methyl sites for hydroxylation is 1. The normalized spacial score (nSPS) is 10.9. The molecule has 0 aliphatic heterocycles. The zero-order valence-electron chi connectivity index (χ0n) is 17.1. The third-order valence-electron chi connectivity index (χ3n) is 4.16. The van der Waals surface area contributed by atoms with E-state index in [-0.39, 0.29) is 18.1 Å². The van der Waals surface area contributed by atoms with Gasteiger partial charge >= 0.3 is 6.18 Å². The number of aromatic nitrogens is 2. The number of anilines is 2. The molecule has 0 unspecified atom stereocenters. The van der Waals surface area contributed by atoms with Crippen molar-refractivity contribution in [2.75, 3.05) is 17.7 Å². The molecular weight excluding hydrogens is 413 g/mol. The van der Waals surface area contributed by atoms with Gasteiger partial charge in [0.2, 0.25) is 5.95 Å². The molecule has 0 saturated heterocycles. The van der Waals surface area contributed by atoms with Gasteiger partial charge in [-0.1, -0.05) is 19.9 Å². The fraction of sp³-hybridized carbons (Fsp3) is 0.286. The minimum Gasteiger partial charge on any atom is -0.468 e. The van der Waals surface area contributed by atoms with E-state index in [9.17, 15) is 22.8 Å². The van der Waals surface area contributed by atoms with E-state index in [1.54, 1.807) is 22.8 Å². The van der Waals surface area contributed by atoms with Gasteiger partial charge in [0, 0.05) is 17.8 Å². The Morgan fingerprint density at radius 2 is 1.97 bits per heavy atom. The number of imidazole rings is 1. The number of hydrogen-bond donors (Lipinski definition) is 2. The van der Waals surface area contributed by atoms with Crippen molar-refractivity contribution < 1.29 is 27.5 Å². The van der Waals surface area contributed by atoms with E-state index in [1.807, 2.05) is 13.8 Å². The number of nitrogens with two attached hydrogens (primary N) is 1. The van der Waals surface area contributed by atoms with Crippen molar-refractivity contribution in [3.05, 3.63) is 53.6 Å². The van der Waals surface area contributed by atoms with Crippen molar-refractivity contribution in [3.63, 3.8) is 0 Å². The highest BCUT2D eigenvalue weighted by atomic mass is 19.4. The lowest BCUT2D eigenvalue weighted by Crippen LogP contribution is -2.17. The summed E-state index contributed by atoms with van der Waals surface area (Å²) in [5.41, 5.74) is 6.36. The zero-order valence-corrected chi connectivity index (χ0v) is 17.1. The molecule has 31 heavy (non-hydrogen) atoms. The molecule has 1 aromatic heterocycles. The van der Waals surface area contributed by atoms with Crippen molar-refractivity contribution in [2.45, 2.75) is 33.0 Å². The maximum Gasteiger partial charge on any atom is 0.416 e. The van der Waals surface area contributed by atoms with Crippen LogP contribution >= 0.6 is 0 Å². The summed E-state index contributed by atoms with van der Waals surface area (Å²) < 4.78 is 45.1. The minimum atomic E-state index is -4.56. The molecule has 166 valence electrons. The van der Waals surface area contributed by atoms with Crippen LogP contribution in [0.4, 0.5) is 24.8 Å². The van der Waals surface area contributed by atoms with Crippen LogP contribution in [0, 0.1) is 0 Å².